The molecule has 0 atom stereocenters. The van der Waals surface area contributed by atoms with Crippen LogP contribution in [0.4, 0.5) is 11.5 Å². The molecule has 8 heteroatoms. The quantitative estimate of drug-likeness (QED) is 0.355. The second-order valence-corrected chi connectivity index (χ2v) is 8.54. The van der Waals surface area contributed by atoms with Crippen LogP contribution in [-0.4, -0.2) is 19.1 Å². The van der Waals surface area contributed by atoms with Gasteiger partial charge in [-0.1, -0.05) is 72.8 Å². The zero-order valence-electron chi connectivity index (χ0n) is 19.6. The molecule has 0 bridgehead atoms. The Kier molecular flexibility index (Phi) is 6.48. The fourth-order valence-electron chi connectivity index (χ4n) is 4.23. The van der Waals surface area contributed by atoms with Gasteiger partial charge in [-0.15, -0.1) is 0 Å². The van der Waals surface area contributed by atoms with Crippen molar-refractivity contribution in [3.63, 3.8) is 0 Å². The molecule has 0 aliphatic heterocycles. The summed E-state index contributed by atoms with van der Waals surface area (Å²) in [5.41, 5.74) is 9.66. The fraction of sp³-hybridized carbons (Fsp3) is 0.107. The van der Waals surface area contributed by atoms with Crippen molar-refractivity contribution in [2.75, 3.05) is 10.6 Å². The summed E-state index contributed by atoms with van der Waals surface area (Å²) in [6, 6.07) is 27.4. The molecule has 2 aromatic heterocycles. The first-order chi connectivity index (χ1) is 17.6. The van der Waals surface area contributed by atoms with Gasteiger partial charge in [0, 0.05) is 31.2 Å². The van der Waals surface area contributed by atoms with Crippen LogP contribution in [0.5, 0.6) is 0 Å². The van der Waals surface area contributed by atoms with Gasteiger partial charge in [0.25, 0.3) is 5.56 Å². The van der Waals surface area contributed by atoms with Crippen LogP contribution in [0.1, 0.15) is 16.7 Å². The van der Waals surface area contributed by atoms with Crippen LogP contribution in [0.25, 0.3) is 5.69 Å². The van der Waals surface area contributed by atoms with Gasteiger partial charge in [-0.2, -0.15) is 0 Å². The van der Waals surface area contributed by atoms with E-state index in [1.165, 1.54) is 4.57 Å². The second kappa shape index (κ2) is 10.2. The largest absolute Gasteiger partial charge is 0.383 e. The van der Waals surface area contributed by atoms with Gasteiger partial charge in [-0.25, -0.2) is 9.78 Å². The number of nitrogen functional groups attached to an aromatic ring is 1. The van der Waals surface area contributed by atoms with Gasteiger partial charge < -0.3 is 15.2 Å². The van der Waals surface area contributed by atoms with Crippen molar-refractivity contribution in [3.8, 4) is 5.69 Å². The number of hydrogen-bond donors (Lipinski definition) is 2. The van der Waals surface area contributed by atoms with E-state index in [0.717, 1.165) is 22.4 Å². The van der Waals surface area contributed by atoms with E-state index in [2.05, 4.69) is 9.97 Å². The van der Waals surface area contributed by atoms with Crippen LogP contribution < -0.4 is 21.9 Å². The molecule has 3 N–H and O–H groups in total. The molecule has 0 unspecified atom stereocenters. The van der Waals surface area contributed by atoms with E-state index in [1.54, 1.807) is 12.5 Å². The van der Waals surface area contributed by atoms with Crippen molar-refractivity contribution in [2.24, 2.45) is 0 Å². The van der Waals surface area contributed by atoms with Crippen LogP contribution in [0, 0.1) is 0 Å². The Morgan fingerprint density at radius 2 is 1.42 bits per heavy atom. The van der Waals surface area contributed by atoms with Crippen molar-refractivity contribution in [3.05, 3.63) is 141 Å². The molecule has 0 radical (unpaired) electrons. The monoisotopic (exact) mass is 478 g/mol. The maximum Gasteiger partial charge on any atom is 0.330 e. The molecule has 2 heterocycles. The lowest BCUT2D eigenvalue weighted by Gasteiger charge is -2.26. The number of H-pyrrole nitrogens is 1. The standard InChI is InChI=1S/C28H26N6O2/c29-26-25(27(35)31-28(36)34(26)19-22-9-5-2-6-10-22)33(17-21-7-3-1-4-8-21)18-23-11-13-24(14-12-23)32-16-15-30-20-32/h1-16,20H,17-19,29H2,(H,31,35,36). The van der Waals surface area contributed by atoms with E-state index >= 15 is 0 Å². The summed E-state index contributed by atoms with van der Waals surface area (Å²) in [6.07, 6.45) is 5.36. The highest BCUT2D eigenvalue weighted by molar-refractivity contribution is 5.63. The maximum atomic E-state index is 13.1. The summed E-state index contributed by atoms with van der Waals surface area (Å²) in [5, 5.41) is 0. The van der Waals surface area contributed by atoms with Crippen molar-refractivity contribution in [1.29, 1.82) is 0 Å². The number of hydrogen-bond acceptors (Lipinski definition) is 5. The van der Waals surface area contributed by atoms with Gasteiger partial charge in [0.15, 0.2) is 0 Å². The number of nitrogens with two attached hydrogens (primary N) is 1. The minimum atomic E-state index is -0.533. The van der Waals surface area contributed by atoms with Crippen LogP contribution in [0.2, 0.25) is 0 Å². The van der Waals surface area contributed by atoms with Gasteiger partial charge in [-0.3, -0.25) is 14.3 Å². The van der Waals surface area contributed by atoms with Gasteiger partial charge in [0.1, 0.15) is 11.5 Å². The van der Waals surface area contributed by atoms with Gasteiger partial charge in [-0.05, 0) is 28.8 Å². The van der Waals surface area contributed by atoms with Crippen LogP contribution in [0.3, 0.4) is 0 Å². The zero-order chi connectivity index (χ0) is 24.9. The molecule has 36 heavy (non-hydrogen) atoms. The highest BCUT2D eigenvalue weighted by Crippen LogP contribution is 2.23. The van der Waals surface area contributed by atoms with E-state index in [-0.39, 0.29) is 18.1 Å². The first-order valence-electron chi connectivity index (χ1n) is 11.6. The molecule has 8 nitrogen and oxygen atoms in total. The molecule has 0 spiro atoms. The Morgan fingerprint density at radius 1 is 0.806 bits per heavy atom. The van der Waals surface area contributed by atoms with Gasteiger partial charge in [0.05, 0.1) is 12.9 Å². The van der Waals surface area contributed by atoms with E-state index in [9.17, 15) is 9.59 Å². The lowest BCUT2D eigenvalue weighted by Crippen LogP contribution is -2.38. The summed E-state index contributed by atoms with van der Waals surface area (Å²) >= 11 is 0. The number of nitrogens with zero attached hydrogens (tertiary/aromatic N) is 4. The van der Waals surface area contributed by atoms with E-state index in [0.29, 0.717) is 13.1 Å². The number of aromatic amines is 1. The predicted molar refractivity (Wildman–Crippen MR) is 141 cm³/mol. The third-order valence-corrected chi connectivity index (χ3v) is 6.04. The van der Waals surface area contributed by atoms with Gasteiger partial charge >= 0.3 is 5.69 Å². The topological polar surface area (TPSA) is 102 Å². The van der Waals surface area contributed by atoms with Crippen molar-refractivity contribution >= 4 is 11.5 Å². The minimum Gasteiger partial charge on any atom is -0.383 e. The molecule has 0 fully saturated rings. The van der Waals surface area contributed by atoms with Crippen LogP contribution >= 0.6 is 0 Å². The third kappa shape index (κ3) is 4.97. The van der Waals surface area contributed by atoms with Crippen molar-refractivity contribution in [1.82, 2.24) is 19.1 Å². The molecule has 180 valence electrons. The molecule has 0 aliphatic carbocycles. The summed E-state index contributed by atoms with van der Waals surface area (Å²) in [7, 11) is 0. The molecule has 5 rings (SSSR count). The number of imidazole rings is 1. The Labute approximate surface area is 207 Å². The SMILES string of the molecule is Nc1c(N(Cc2ccccc2)Cc2ccc(-n3ccnc3)cc2)c(=O)[nH]c(=O)n1Cc1ccccc1. The molecule has 0 saturated heterocycles. The Morgan fingerprint density at radius 3 is 2.03 bits per heavy atom. The van der Waals surface area contributed by atoms with E-state index in [4.69, 9.17) is 5.73 Å². The molecule has 0 amide bonds. The second-order valence-electron chi connectivity index (χ2n) is 8.54. The molecule has 3 aromatic carbocycles. The molecule has 0 aliphatic rings. The van der Waals surface area contributed by atoms with Crippen molar-refractivity contribution in [2.45, 2.75) is 19.6 Å². The highest BCUT2D eigenvalue weighted by Gasteiger charge is 2.20. The summed E-state index contributed by atoms with van der Waals surface area (Å²) in [5.74, 6) is 0.138. The Bertz CT molecular complexity index is 1540. The Hall–Kier alpha value is -4.85. The smallest absolute Gasteiger partial charge is 0.330 e. The number of anilines is 2. The van der Waals surface area contributed by atoms with E-state index < -0.39 is 11.2 Å². The summed E-state index contributed by atoms with van der Waals surface area (Å²) in [4.78, 5) is 34.3. The number of aromatic nitrogens is 4. The molecular formula is C28H26N6O2. The maximum absolute atomic E-state index is 13.1. The first kappa shape index (κ1) is 22.9. The number of nitrogens with one attached hydrogen (secondary N) is 1. The van der Waals surface area contributed by atoms with Gasteiger partial charge in [0.2, 0.25) is 0 Å². The fourth-order valence-corrected chi connectivity index (χ4v) is 4.23. The average Bonchev–Trinajstić information content (AvgIpc) is 3.43. The zero-order valence-corrected chi connectivity index (χ0v) is 19.6. The minimum absolute atomic E-state index is 0.138. The molecule has 0 saturated carbocycles. The molecule has 5 aromatic rings. The lowest BCUT2D eigenvalue weighted by atomic mass is 10.1. The molecular weight excluding hydrogens is 452 g/mol. The predicted octanol–water partition coefficient (Wildman–Crippen LogP) is 3.56. The lowest BCUT2D eigenvalue weighted by molar-refractivity contribution is 0.712. The third-order valence-electron chi connectivity index (χ3n) is 6.04. The highest BCUT2D eigenvalue weighted by atomic mass is 16.2. The van der Waals surface area contributed by atoms with Crippen molar-refractivity contribution < 1.29 is 0 Å². The Balaban J connectivity index is 1.53. The first-order valence-corrected chi connectivity index (χ1v) is 11.6. The number of benzene rings is 3. The summed E-state index contributed by atoms with van der Waals surface area (Å²) in [6.45, 7) is 1.13. The normalized spacial score (nSPS) is 10.9. The van der Waals surface area contributed by atoms with E-state index in [1.807, 2.05) is 101 Å². The van der Waals surface area contributed by atoms with Crippen LogP contribution in [-0.2, 0) is 19.6 Å². The average molecular weight is 479 g/mol. The number of rotatable bonds is 8. The summed E-state index contributed by atoms with van der Waals surface area (Å²) < 4.78 is 3.33. The van der Waals surface area contributed by atoms with Crippen LogP contribution in [0.15, 0.2) is 113 Å².